The molecule has 1 saturated heterocycles. The Morgan fingerprint density at radius 3 is 0.628 bits per heavy atom. The van der Waals surface area contributed by atoms with Crippen molar-refractivity contribution < 1.29 is 93.8 Å². The maximum absolute atomic E-state index is 13.1. The van der Waals surface area contributed by atoms with E-state index in [1.807, 2.05) is 32.7 Å². The van der Waals surface area contributed by atoms with Crippen LogP contribution in [-0.2, 0) is 20.6 Å². The molecule has 4 atom stereocenters. The van der Waals surface area contributed by atoms with Gasteiger partial charge in [0.15, 0.2) is 28.9 Å². The van der Waals surface area contributed by atoms with Gasteiger partial charge in [-0.1, -0.05) is 7.43 Å². The van der Waals surface area contributed by atoms with E-state index >= 15 is 0 Å². The molecule has 5 aromatic rings. The first kappa shape index (κ1) is 78.8. The third-order valence-electron chi connectivity index (χ3n) is 15.2. The summed E-state index contributed by atoms with van der Waals surface area (Å²) in [5.74, 6) is 0.324. The van der Waals surface area contributed by atoms with Gasteiger partial charge < -0.3 is 69.8 Å². The van der Waals surface area contributed by atoms with Crippen molar-refractivity contribution in [1.82, 2.24) is 0 Å². The first-order chi connectivity index (χ1) is 43.0. The van der Waals surface area contributed by atoms with Crippen LogP contribution in [0, 0.1) is 0 Å². The van der Waals surface area contributed by atoms with Crippen molar-refractivity contribution in [3.63, 3.8) is 0 Å². The van der Waals surface area contributed by atoms with E-state index in [9.17, 15) is 49.5 Å². The zero-order valence-electron chi connectivity index (χ0n) is 56.6. The largest absolute Gasteiger partial charge is 0.494 e. The smallest absolute Gasteiger partial charge is 0.356 e. The molecule has 25 heteroatoms. The lowest BCUT2D eigenvalue weighted by molar-refractivity contribution is 0.0487. The van der Waals surface area contributed by atoms with Gasteiger partial charge in [-0.25, -0.2) is 0 Å². The minimum absolute atomic E-state index is 0. The number of aliphatic hydroxyl groups is 5. The second-order valence-electron chi connectivity index (χ2n) is 27.3. The van der Waals surface area contributed by atoms with Crippen LogP contribution >= 0.6 is 0 Å². The van der Waals surface area contributed by atoms with Gasteiger partial charge in [0.2, 0.25) is 0 Å². The lowest BCUT2D eigenvalue weighted by Crippen LogP contribution is -2.68. The van der Waals surface area contributed by atoms with Crippen LogP contribution in [0.4, 0.5) is 0 Å². The quantitative estimate of drug-likeness (QED) is 0.0148. The van der Waals surface area contributed by atoms with Gasteiger partial charge in [0, 0.05) is 27.8 Å². The van der Waals surface area contributed by atoms with Crippen molar-refractivity contribution in [2.45, 2.75) is 187 Å². The number of hydrogen-bond acceptors (Lipinski definition) is 20. The summed E-state index contributed by atoms with van der Waals surface area (Å²) in [6.07, 6.45) is 1.77. The van der Waals surface area contributed by atoms with Crippen LogP contribution in [0.3, 0.4) is 0 Å². The van der Waals surface area contributed by atoms with Gasteiger partial charge in [0.25, 0.3) is 0 Å². The fraction of sp³-hybridized carbons (Fsp3) is 0.493. The topological polar surface area (TPSA) is 279 Å². The highest BCUT2D eigenvalue weighted by Crippen LogP contribution is 2.39. The van der Waals surface area contributed by atoms with Crippen molar-refractivity contribution in [2.24, 2.45) is 0 Å². The minimum atomic E-state index is -3.73. The summed E-state index contributed by atoms with van der Waals surface area (Å²) in [6, 6.07) is 34.5. The predicted octanol–water partition coefficient (Wildman–Crippen LogP) is 12.3. The van der Waals surface area contributed by atoms with E-state index in [-0.39, 0.29) is 40.1 Å². The fourth-order valence-corrected chi connectivity index (χ4v) is 39.0. The van der Waals surface area contributed by atoms with E-state index in [0.717, 1.165) is 0 Å². The lowest BCUT2D eigenvalue weighted by Gasteiger charge is -2.50. The molecule has 6 rings (SSSR count). The van der Waals surface area contributed by atoms with Crippen molar-refractivity contribution in [2.75, 3.05) is 32.7 Å². The van der Waals surface area contributed by atoms with E-state index in [2.05, 4.69) is 0 Å². The molecule has 0 amide bonds. The third kappa shape index (κ3) is 23.7. The normalized spacial score (nSPS) is 21.4. The molecule has 0 bridgehead atoms. The SMILES string of the molecule is C.CC(C)(O)C(=O)c1ccc(OCCC[Si]2(C)O[Si](C)(CCCOc3ccc(C(=O)C(C)(C)O)cc3)O[Si](C)(CCCOc3ccc(C(=O)C(C)(C)O)cc3)O[Si](C)(COc3ccc(C(=O)C(C)(C)O)cc3)O[Si](C)(CCCOc3ccc(C(=O)C(C)(C)O)cc3)O2)cc1. The molecule has 516 valence electrons. The van der Waals surface area contributed by atoms with Gasteiger partial charge in [0.05, 0.1) is 26.4 Å². The molecule has 0 saturated carbocycles. The highest BCUT2D eigenvalue weighted by molar-refractivity contribution is 6.94. The predicted molar refractivity (Wildman–Crippen MR) is 371 cm³/mol. The Balaban J connectivity index is 0.0000160. The van der Waals surface area contributed by atoms with Crippen LogP contribution < -0.4 is 23.7 Å². The van der Waals surface area contributed by atoms with Gasteiger partial charge >= 0.3 is 42.8 Å². The molecule has 1 heterocycles. The number of rotatable bonds is 33. The maximum Gasteiger partial charge on any atom is 0.356 e. The van der Waals surface area contributed by atoms with Crippen LogP contribution in [0.2, 0.25) is 56.9 Å². The third-order valence-corrected chi connectivity index (χ3v) is 38.2. The Kier molecular flexibility index (Phi) is 26.8. The molecule has 0 aromatic heterocycles. The molecule has 5 N–H and O–H groups in total. The minimum Gasteiger partial charge on any atom is -0.494 e. The van der Waals surface area contributed by atoms with Crippen LogP contribution in [0.5, 0.6) is 28.7 Å². The number of hydrogen-bond donors (Lipinski definition) is 5. The number of ketones is 5. The molecular weight excluding hydrogens is 1290 g/mol. The summed E-state index contributed by atoms with van der Waals surface area (Å²) in [5, 5.41) is 52.0. The van der Waals surface area contributed by atoms with E-state index in [4.69, 9.17) is 44.3 Å². The van der Waals surface area contributed by atoms with Crippen LogP contribution in [-0.4, -0.2) is 158 Å². The summed E-state index contributed by atoms with van der Waals surface area (Å²) in [5.41, 5.74) is -6.17. The number of ether oxygens (including phenoxy) is 5. The summed E-state index contributed by atoms with van der Waals surface area (Å²) in [7, 11) is -17.9. The average Bonchev–Trinajstić information content (AvgIpc) is 0.766. The van der Waals surface area contributed by atoms with E-state index in [1.54, 1.807) is 121 Å². The van der Waals surface area contributed by atoms with Gasteiger partial charge in [-0.05, 0) is 273 Å². The van der Waals surface area contributed by atoms with Gasteiger partial charge in [-0.2, -0.15) is 0 Å². The highest BCUT2D eigenvalue weighted by atomic mass is 28.5. The van der Waals surface area contributed by atoms with Crippen molar-refractivity contribution in [3.05, 3.63) is 149 Å². The lowest BCUT2D eigenvalue weighted by atomic mass is 9.97. The monoisotopic (exact) mass is 1390 g/mol. The highest BCUT2D eigenvalue weighted by Gasteiger charge is 2.57. The van der Waals surface area contributed by atoms with E-state index < -0.39 is 99.7 Å². The van der Waals surface area contributed by atoms with Crippen LogP contribution in [0.1, 0.15) is 154 Å². The number of carbonyl (C=O) groups excluding carboxylic acids is 5. The second-order valence-corrected chi connectivity index (χ2v) is 45.0. The Labute approximate surface area is 560 Å². The fourth-order valence-electron chi connectivity index (χ4n) is 10.7. The van der Waals surface area contributed by atoms with E-state index in [1.165, 1.54) is 69.2 Å². The molecule has 0 aliphatic carbocycles. The molecule has 0 radical (unpaired) electrons. The summed E-state index contributed by atoms with van der Waals surface area (Å²) < 4.78 is 69.9. The average molecular weight is 1390 g/mol. The Bertz CT molecular complexity index is 3140. The number of carbonyl (C=O) groups is 5. The van der Waals surface area contributed by atoms with Crippen molar-refractivity contribution in [1.29, 1.82) is 0 Å². The molecule has 0 spiro atoms. The molecule has 94 heavy (non-hydrogen) atoms. The molecule has 5 aromatic carbocycles. The Hall–Kier alpha value is -5.87. The number of benzene rings is 5. The summed E-state index contributed by atoms with van der Waals surface area (Å²) in [6.45, 7) is 25.3. The molecule has 1 aliphatic rings. The number of Topliss-reactive ketones (excluding diaryl/α,β-unsaturated/α-hetero) is 5. The Morgan fingerprint density at radius 1 is 0.298 bits per heavy atom. The van der Waals surface area contributed by atoms with Crippen LogP contribution in [0.25, 0.3) is 0 Å². The van der Waals surface area contributed by atoms with Crippen molar-refractivity contribution in [3.8, 4) is 28.7 Å². The molecular formula is C69H100O20Si5. The Morgan fingerprint density at radius 2 is 0.457 bits per heavy atom. The van der Waals surface area contributed by atoms with Gasteiger partial charge in [-0.3, -0.25) is 24.0 Å². The standard InChI is InChI=1S/C68H96O20Si5.CH4/c1-64(2,74)59(69)49-20-30-54(31-21-49)79-40-16-44-89(11)84-90(12,45-17-41-80-55-32-22-50(23-33-55)60(70)65(3,4)75)86-92(14,47-19-43-82-57-36-26-52(27-37-57)62(72)67(7,8)77)88-93(15,48-83-58-38-28-53(29-39-58)63(73)68(9,10)78)87-91(13,85-89)46-18-42-81-56-34-24-51(25-35-56)61(71)66(5,6)76;/h20-39,74-78H,16-19,40-48H2,1-15H3;1H4. The zero-order chi connectivity index (χ0) is 69.1. The first-order valence-electron chi connectivity index (χ1n) is 31.5. The second kappa shape index (κ2) is 32.0. The van der Waals surface area contributed by atoms with E-state index in [0.29, 0.717) is 106 Å². The molecule has 4 unspecified atom stereocenters. The zero-order valence-corrected chi connectivity index (χ0v) is 61.6. The summed E-state index contributed by atoms with van der Waals surface area (Å²) >= 11 is 0. The van der Waals surface area contributed by atoms with Gasteiger partial charge in [-0.15, -0.1) is 0 Å². The van der Waals surface area contributed by atoms with Gasteiger partial charge in [0.1, 0.15) is 63.0 Å². The first-order valence-corrected chi connectivity index (χ1v) is 44.1. The summed E-state index contributed by atoms with van der Waals surface area (Å²) in [4.78, 5) is 64.5. The van der Waals surface area contributed by atoms with Crippen LogP contribution in [0.15, 0.2) is 121 Å². The molecule has 20 nitrogen and oxygen atoms in total. The molecule has 1 fully saturated rings. The molecule has 1 aliphatic heterocycles. The maximum atomic E-state index is 13.1. The van der Waals surface area contributed by atoms with Crippen molar-refractivity contribution >= 4 is 71.7 Å².